The summed E-state index contributed by atoms with van der Waals surface area (Å²) >= 11 is 0. The Balaban J connectivity index is 1.22. The van der Waals surface area contributed by atoms with E-state index in [4.69, 9.17) is 14.2 Å². The van der Waals surface area contributed by atoms with Gasteiger partial charge in [0.1, 0.15) is 30.5 Å². The number of carbonyl (C=O) groups is 3. The number of carboxylic acid groups (broad SMARTS) is 2. The maximum atomic E-state index is 13.2. The highest BCUT2D eigenvalue weighted by atomic mass is 16.5. The standard InChI is InChI=1S/C33H35NO8/c35-31(34-18-16-25(17-19-34)32(36)37)29-23-26(33(38)39)12-15-30(29)42-22-6-7-24-10-13-28(14-11-24)41-21-5-4-20-40-27-8-2-1-3-9-27/h1-5,8-15,23,25H,6-7,16-22H2,(H,36,37)(H,38,39). The molecule has 42 heavy (non-hydrogen) atoms. The lowest BCUT2D eigenvalue weighted by Gasteiger charge is -2.30. The quantitative estimate of drug-likeness (QED) is 0.196. The number of aliphatic carboxylic acids is 1. The number of carbonyl (C=O) groups excluding carboxylic acids is 1. The van der Waals surface area contributed by atoms with Crippen molar-refractivity contribution in [3.05, 3.63) is 102 Å². The number of amides is 1. The highest BCUT2D eigenvalue weighted by molar-refractivity contribution is 6.00. The molecule has 0 radical (unpaired) electrons. The third-order valence-electron chi connectivity index (χ3n) is 6.98. The Hall–Kier alpha value is -4.79. The van der Waals surface area contributed by atoms with Crippen LogP contribution in [0.5, 0.6) is 17.2 Å². The first kappa shape index (κ1) is 30.2. The molecule has 0 aliphatic carbocycles. The Bertz CT molecular complexity index is 1360. The molecule has 1 heterocycles. The summed E-state index contributed by atoms with van der Waals surface area (Å²) in [5.74, 6) is -0.929. The van der Waals surface area contributed by atoms with Gasteiger partial charge in [0.2, 0.25) is 0 Å². The van der Waals surface area contributed by atoms with E-state index in [0.717, 1.165) is 23.5 Å². The van der Waals surface area contributed by atoms with Crippen LogP contribution in [-0.4, -0.2) is 65.9 Å². The molecular weight excluding hydrogens is 538 g/mol. The molecule has 1 amide bonds. The van der Waals surface area contributed by atoms with Crippen molar-refractivity contribution in [2.24, 2.45) is 5.92 Å². The van der Waals surface area contributed by atoms with E-state index in [1.165, 1.54) is 18.2 Å². The van der Waals surface area contributed by atoms with Crippen LogP contribution in [0.3, 0.4) is 0 Å². The minimum atomic E-state index is -1.14. The van der Waals surface area contributed by atoms with Gasteiger partial charge in [-0.1, -0.05) is 30.3 Å². The summed E-state index contributed by atoms with van der Waals surface area (Å²) in [5, 5.41) is 18.6. The van der Waals surface area contributed by atoms with Crippen molar-refractivity contribution in [1.82, 2.24) is 4.90 Å². The number of ether oxygens (including phenoxy) is 3. The summed E-state index contributed by atoms with van der Waals surface area (Å²) in [6.45, 7) is 1.84. The molecule has 2 N–H and O–H groups in total. The molecule has 220 valence electrons. The fourth-order valence-corrected chi connectivity index (χ4v) is 4.61. The number of para-hydroxylation sites is 1. The minimum absolute atomic E-state index is 0.00978. The van der Waals surface area contributed by atoms with Crippen molar-refractivity contribution >= 4 is 17.8 Å². The molecule has 0 unspecified atom stereocenters. The average molecular weight is 574 g/mol. The van der Waals surface area contributed by atoms with Crippen LogP contribution in [0.25, 0.3) is 0 Å². The lowest BCUT2D eigenvalue weighted by atomic mass is 9.96. The SMILES string of the molecule is O=C(O)c1ccc(OCCCc2ccc(OCC=CCOc3ccccc3)cc2)c(C(=O)N2CCC(C(=O)O)CC2)c1. The van der Waals surface area contributed by atoms with E-state index in [1.807, 2.05) is 66.7 Å². The van der Waals surface area contributed by atoms with E-state index >= 15 is 0 Å². The molecule has 0 bridgehead atoms. The van der Waals surface area contributed by atoms with E-state index in [-0.39, 0.29) is 17.0 Å². The van der Waals surface area contributed by atoms with E-state index < -0.39 is 17.9 Å². The second-order valence-corrected chi connectivity index (χ2v) is 9.92. The molecule has 1 fully saturated rings. The monoisotopic (exact) mass is 573 g/mol. The molecule has 3 aromatic rings. The zero-order chi connectivity index (χ0) is 29.7. The topological polar surface area (TPSA) is 123 Å². The van der Waals surface area contributed by atoms with Gasteiger partial charge in [0.25, 0.3) is 5.91 Å². The lowest BCUT2D eigenvalue weighted by molar-refractivity contribution is -0.143. The first-order chi connectivity index (χ1) is 20.4. The highest BCUT2D eigenvalue weighted by Gasteiger charge is 2.29. The van der Waals surface area contributed by atoms with Crippen LogP contribution in [0.2, 0.25) is 0 Å². The largest absolute Gasteiger partial charge is 0.493 e. The first-order valence-corrected chi connectivity index (χ1v) is 14.0. The Kier molecular flexibility index (Phi) is 11.0. The smallest absolute Gasteiger partial charge is 0.335 e. The summed E-state index contributed by atoms with van der Waals surface area (Å²) in [6.07, 6.45) is 5.98. The van der Waals surface area contributed by atoms with Crippen LogP contribution in [-0.2, 0) is 11.2 Å². The number of carboxylic acids is 2. The Morgan fingerprint density at radius 2 is 1.45 bits per heavy atom. The number of nitrogens with zero attached hydrogens (tertiary/aromatic N) is 1. The second kappa shape index (κ2) is 15.3. The van der Waals surface area contributed by atoms with Gasteiger partial charge in [0.05, 0.1) is 23.7 Å². The van der Waals surface area contributed by atoms with Crippen LogP contribution in [0, 0.1) is 5.92 Å². The number of piperidine rings is 1. The molecule has 4 rings (SSSR count). The summed E-state index contributed by atoms with van der Waals surface area (Å²) < 4.78 is 17.3. The van der Waals surface area contributed by atoms with E-state index in [2.05, 4.69) is 0 Å². The van der Waals surface area contributed by atoms with Gasteiger partial charge in [-0.15, -0.1) is 0 Å². The summed E-state index contributed by atoms with van der Waals surface area (Å²) in [6, 6.07) is 21.7. The van der Waals surface area contributed by atoms with Crippen molar-refractivity contribution in [2.75, 3.05) is 32.9 Å². The number of aryl methyl sites for hydroxylation is 1. The molecule has 1 saturated heterocycles. The molecule has 3 aromatic carbocycles. The summed E-state index contributed by atoms with van der Waals surface area (Å²) in [5.41, 5.74) is 1.27. The number of aromatic carboxylic acids is 1. The molecule has 1 aliphatic rings. The number of rotatable bonds is 14. The normalized spacial score (nSPS) is 13.6. The Labute approximate surface area is 244 Å². The van der Waals surface area contributed by atoms with Crippen molar-refractivity contribution in [3.63, 3.8) is 0 Å². The van der Waals surface area contributed by atoms with Gasteiger partial charge in [-0.3, -0.25) is 9.59 Å². The summed E-state index contributed by atoms with van der Waals surface area (Å²) in [7, 11) is 0. The van der Waals surface area contributed by atoms with Crippen molar-refractivity contribution < 1.29 is 38.8 Å². The first-order valence-electron chi connectivity index (χ1n) is 14.0. The number of benzene rings is 3. The van der Waals surface area contributed by atoms with Gasteiger partial charge in [-0.05, 0) is 85.9 Å². The van der Waals surface area contributed by atoms with Crippen molar-refractivity contribution in [3.8, 4) is 17.2 Å². The molecule has 1 aliphatic heterocycles. The van der Waals surface area contributed by atoms with Crippen molar-refractivity contribution in [1.29, 1.82) is 0 Å². The van der Waals surface area contributed by atoms with Gasteiger partial charge >= 0.3 is 11.9 Å². The molecule has 0 saturated carbocycles. The van der Waals surface area contributed by atoms with Crippen LogP contribution >= 0.6 is 0 Å². The van der Waals surface area contributed by atoms with E-state index in [9.17, 15) is 24.6 Å². The average Bonchev–Trinajstić information content (AvgIpc) is 3.01. The third-order valence-corrected chi connectivity index (χ3v) is 6.98. The van der Waals surface area contributed by atoms with Crippen LogP contribution in [0.1, 0.15) is 45.5 Å². The van der Waals surface area contributed by atoms with Gasteiger partial charge in [-0.25, -0.2) is 4.79 Å². The number of hydrogen-bond acceptors (Lipinski definition) is 6. The molecule has 0 atom stereocenters. The van der Waals surface area contributed by atoms with Gasteiger partial charge in [0.15, 0.2) is 0 Å². The minimum Gasteiger partial charge on any atom is -0.493 e. The van der Waals surface area contributed by atoms with Crippen LogP contribution in [0.15, 0.2) is 84.9 Å². The Morgan fingerprint density at radius 1 is 0.810 bits per heavy atom. The second-order valence-electron chi connectivity index (χ2n) is 9.92. The van der Waals surface area contributed by atoms with Crippen LogP contribution in [0.4, 0.5) is 0 Å². The highest BCUT2D eigenvalue weighted by Crippen LogP contribution is 2.26. The maximum Gasteiger partial charge on any atom is 0.335 e. The van der Waals surface area contributed by atoms with Gasteiger partial charge < -0.3 is 29.3 Å². The Morgan fingerprint density at radius 3 is 2.07 bits per heavy atom. The summed E-state index contributed by atoms with van der Waals surface area (Å²) in [4.78, 5) is 37.6. The van der Waals surface area contributed by atoms with E-state index in [1.54, 1.807) is 4.90 Å². The van der Waals surface area contributed by atoms with Gasteiger partial charge in [-0.2, -0.15) is 0 Å². The predicted octanol–water partition coefficient (Wildman–Crippen LogP) is 5.35. The fourth-order valence-electron chi connectivity index (χ4n) is 4.61. The molecular formula is C33H35NO8. The molecule has 0 spiro atoms. The number of likely N-dealkylation sites (tertiary alicyclic amines) is 1. The number of hydrogen-bond donors (Lipinski definition) is 2. The molecule has 9 heteroatoms. The molecule has 0 aromatic heterocycles. The van der Waals surface area contributed by atoms with Crippen LogP contribution < -0.4 is 14.2 Å². The maximum absolute atomic E-state index is 13.2. The van der Waals surface area contributed by atoms with E-state index in [0.29, 0.717) is 57.9 Å². The third kappa shape index (κ3) is 8.86. The lowest BCUT2D eigenvalue weighted by Crippen LogP contribution is -2.40. The van der Waals surface area contributed by atoms with Crippen molar-refractivity contribution in [2.45, 2.75) is 25.7 Å². The fraction of sp³-hybridized carbons (Fsp3) is 0.303. The molecule has 9 nitrogen and oxygen atoms in total. The van der Waals surface area contributed by atoms with Gasteiger partial charge in [0, 0.05) is 13.1 Å². The zero-order valence-corrected chi connectivity index (χ0v) is 23.3. The zero-order valence-electron chi connectivity index (χ0n) is 23.3. The predicted molar refractivity (Wildman–Crippen MR) is 156 cm³/mol.